The summed E-state index contributed by atoms with van der Waals surface area (Å²) in [6.07, 6.45) is 0. The summed E-state index contributed by atoms with van der Waals surface area (Å²) in [7, 11) is 2.00. The number of benzene rings is 1. The summed E-state index contributed by atoms with van der Waals surface area (Å²) in [6, 6.07) is 3.36. The Balaban J connectivity index is 2.54. The molecule has 0 aliphatic carbocycles. The van der Waals surface area contributed by atoms with Crippen molar-refractivity contribution in [3.05, 3.63) is 29.1 Å². The van der Waals surface area contributed by atoms with E-state index in [4.69, 9.17) is 0 Å². The van der Waals surface area contributed by atoms with Crippen molar-refractivity contribution in [3.8, 4) is 0 Å². The lowest BCUT2D eigenvalue weighted by Gasteiger charge is -2.09. The van der Waals surface area contributed by atoms with Gasteiger partial charge in [-0.2, -0.15) is 0 Å². The van der Waals surface area contributed by atoms with Crippen LogP contribution in [-0.4, -0.2) is 11.4 Å². The third kappa shape index (κ3) is 1.87. The Kier molecular flexibility index (Phi) is 3.21. The van der Waals surface area contributed by atoms with E-state index in [9.17, 15) is 4.39 Å². The van der Waals surface area contributed by atoms with Gasteiger partial charge in [0.2, 0.25) is 0 Å². The van der Waals surface area contributed by atoms with Gasteiger partial charge in [0.15, 0.2) is 0 Å². The molecular weight excluding hydrogens is 333 g/mol. The normalized spacial score (nSPS) is 16.4. The summed E-state index contributed by atoms with van der Waals surface area (Å²) in [5.74, 6) is -0.154. The van der Waals surface area contributed by atoms with Gasteiger partial charge in [0.1, 0.15) is 5.82 Å². The second kappa shape index (κ2) is 4.12. The van der Waals surface area contributed by atoms with Crippen LogP contribution in [0.3, 0.4) is 0 Å². The van der Waals surface area contributed by atoms with Crippen molar-refractivity contribution < 1.29 is 4.39 Å². The first-order chi connectivity index (χ1) is 6.59. The van der Waals surface area contributed by atoms with E-state index < -0.39 is 0 Å². The molecule has 1 aliphatic rings. The molecule has 0 N–H and O–H groups in total. The maximum atomic E-state index is 13.5. The minimum atomic E-state index is -0.154. The van der Waals surface area contributed by atoms with Crippen molar-refractivity contribution in [2.75, 3.05) is 7.05 Å². The first-order valence-corrected chi connectivity index (χ1v) is 6.68. The van der Waals surface area contributed by atoms with E-state index in [2.05, 4.69) is 36.2 Å². The van der Waals surface area contributed by atoms with Crippen LogP contribution in [-0.2, 0) is 6.54 Å². The number of hydrogen-bond donors (Lipinski definition) is 0. The molecule has 1 aromatic carbocycles. The van der Waals surface area contributed by atoms with Gasteiger partial charge in [-0.3, -0.25) is 0 Å². The van der Waals surface area contributed by atoms with E-state index >= 15 is 0 Å². The Morgan fingerprint density at radius 2 is 2.21 bits per heavy atom. The van der Waals surface area contributed by atoms with Crippen LogP contribution in [0.15, 0.2) is 17.0 Å². The molecule has 0 amide bonds. The lowest BCUT2D eigenvalue weighted by molar-refractivity contribution is 0.567. The Morgan fingerprint density at radius 1 is 1.50 bits per heavy atom. The predicted molar refractivity (Wildman–Crippen MR) is 64.3 cm³/mol. The fourth-order valence-electron chi connectivity index (χ4n) is 1.52. The monoisotopic (exact) mass is 339 g/mol. The van der Waals surface area contributed by atoms with Crippen LogP contribution in [0.1, 0.15) is 14.9 Å². The average Bonchev–Trinajstić information content (AvgIpc) is 2.43. The number of rotatable bonds is 1. The minimum absolute atomic E-state index is 0.114. The molecule has 14 heavy (non-hydrogen) atoms. The second-order valence-corrected chi connectivity index (χ2v) is 7.42. The van der Waals surface area contributed by atoms with Crippen molar-refractivity contribution in [3.63, 3.8) is 0 Å². The van der Waals surface area contributed by atoms with Gasteiger partial charge in [-0.15, -0.1) is 0 Å². The SMILES string of the molecule is CN1Cc2c(ccc(F)c2C(Br)Br)S1. The van der Waals surface area contributed by atoms with Gasteiger partial charge >= 0.3 is 0 Å². The van der Waals surface area contributed by atoms with Crippen LogP contribution < -0.4 is 0 Å². The summed E-state index contributed by atoms with van der Waals surface area (Å²) in [5, 5.41) is 0. The van der Waals surface area contributed by atoms with Gasteiger partial charge in [0.05, 0.1) is 3.74 Å². The molecule has 0 unspecified atom stereocenters. The third-order valence-electron chi connectivity index (χ3n) is 2.11. The van der Waals surface area contributed by atoms with Gasteiger partial charge in [-0.1, -0.05) is 31.9 Å². The van der Waals surface area contributed by atoms with Crippen molar-refractivity contribution in [1.29, 1.82) is 0 Å². The lowest BCUT2D eigenvalue weighted by Crippen LogP contribution is -2.03. The van der Waals surface area contributed by atoms with Crippen LogP contribution >= 0.6 is 43.8 Å². The molecule has 1 heterocycles. The summed E-state index contributed by atoms with van der Waals surface area (Å²) in [4.78, 5) is 1.15. The van der Waals surface area contributed by atoms with Gasteiger partial charge < -0.3 is 0 Å². The number of hydrogen-bond acceptors (Lipinski definition) is 2. The predicted octanol–water partition coefficient (Wildman–Crippen LogP) is 4.07. The maximum Gasteiger partial charge on any atom is 0.128 e. The topological polar surface area (TPSA) is 3.24 Å². The fraction of sp³-hybridized carbons (Fsp3) is 0.333. The molecule has 0 spiro atoms. The molecular formula is C9H8Br2FNS. The molecule has 0 fully saturated rings. The second-order valence-electron chi connectivity index (χ2n) is 3.12. The van der Waals surface area contributed by atoms with Crippen molar-refractivity contribution in [2.45, 2.75) is 15.2 Å². The fourth-order valence-corrected chi connectivity index (χ4v) is 3.46. The van der Waals surface area contributed by atoms with Gasteiger partial charge in [0, 0.05) is 17.0 Å². The molecule has 0 saturated carbocycles. The van der Waals surface area contributed by atoms with E-state index in [1.807, 2.05) is 13.1 Å². The van der Waals surface area contributed by atoms with Crippen molar-refractivity contribution in [2.24, 2.45) is 0 Å². The number of halogens is 3. The molecule has 5 heteroatoms. The highest BCUT2D eigenvalue weighted by atomic mass is 79.9. The summed E-state index contributed by atoms with van der Waals surface area (Å²) in [6.45, 7) is 0.792. The largest absolute Gasteiger partial charge is 0.245 e. The third-order valence-corrected chi connectivity index (χ3v) is 4.05. The Hall–Kier alpha value is 0.420. The Labute approximate surface area is 103 Å². The zero-order valence-electron chi connectivity index (χ0n) is 7.43. The van der Waals surface area contributed by atoms with E-state index in [0.717, 1.165) is 22.6 Å². The van der Waals surface area contributed by atoms with E-state index in [1.165, 1.54) is 6.07 Å². The van der Waals surface area contributed by atoms with E-state index in [0.29, 0.717) is 0 Å². The van der Waals surface area contributed by atoms with E-state index in [-0.39, 0.29) is 9.55 Å². The van der Waals surface area contributed by atoms with E-state index in [1.54, 1.807) is 11.9 Å². The van der Waals surface area contributed by atoms with Crippen LogP contribution in [0.2, 0.25) is 0 Å². The zero-order valence-corrected chi connectivity index (χ0v) is 11.4. The minimum Gasteiger partial charge on any atom is -0.245 e. The number of alkyl halides is 2. The van der Waals surface area contributed by atoms with Crippen LogP contribution in [0, 0.1) is 5.82 Å². The summed E-state index contributed by atoms with van der Waals surface area (Å²) < 4.78 is 15.5. The molecule has 0 atom stereocenters. The molecule has 0 radical (unpaired) electrons. The lowest BCUT2D eigenvalue weighted by atomic mass is 10.1. The molecule has 76 valence electrons. The number of fused-ring (bicyclic) bond motifs is 1. The molecule has 0 bridgehead atoms. The summed E-state index contributed by atoms with van der Waals surface area (Å²) >= 11 is 8.37. The number of nitrogens with zero attached hydrogens (tertiary/aromatic N) is 1. The van der Waals surface area contributed by atoms with Crippen LogP contribution in [0.25, 0.3) is 0 Å². The van der Waals surface area contributed by atoms with Crippen LogP contribution in [0.5, 0.6) is 0 Å². The highest BCUT2D eigenvalue weighted by molar-refractivity contribution is 9.24. The Bertz CT molecular complexity index is 370. The Morgan fingerprint density at radius 3 is 2.86 bits per heavy atom. The maximum absolute atomic E-state index is 13.5. The van der Waals surface area contributed by atoms with Gasteiger partial charge in [-0.05, 0) is 36.7 Å². The highest BCUT2D eigenvalue weighted by Gasteiger charge is 2.24. The van der Waals surface area contributed by atoms with Crippen molar-refractivity contribution >= 4 is 43.8 Å². The van der Waals surface area contributed by atoms with Crippen LogP contribution in [0.4, 0.5) is 4.39 Å². The quantitative estimate of drug-likeness (QED) is 0.560. The zero-order chi connectivity index (χ0) is 10.3. The smallest absolute Gasteiger partial charge is 0.128 e. The first-order valence-electron chi connectivity index (χ1n) is 4.08. The summed E-state index contributed by atoms with van der Waals surface area (Å²) in [5.41, 5.74) is 1.80. The average molecular weight is 341 g/mol. The van der Waals surface area contributed by atoms with Gasteiger partial charge in [-0.25, -0.2) is 8.70 Å². The molecule has 0 saturated heterocycles. The van der Waals surface area contributed by atoms with Crippen molar-refractivity contribution in [1.82, 2.24) is 4.31 Å². The molecule has 1 aromatic rings. The molecule has 2 rings (SSSR count). The molecule has 1 nitrogen and oxygen atoms in total. The highest BCUT2D eigenvalue weighted by Crippen LogP contribution is 2.43. The molecule has 1 aliphatic heterocycles. The standard InChI is InChI=1S/C9H8Br2FNS/c1-13-4-5-7(14-13)3-2-6(12)8(5)9(10)11/h2-3,9H,4H2,1H3. The van der Waals surface area contributed by atoms with Gasteiger partial charge in [0.25, 0.3) is 0 Å². The first kappa shape index (κ1) is 10.9. The molecule has 0 aromatic heterocycles.